The van der Waals surface area contributed by atoms with Crippen LogP contribution in [0.4, 0.5) is 0 Å². The molecule has 1 aromatic rings. The highest BCUT2D eigenvalue weighted by molar-refractivity contribution is 6.05. The van der Waals surface area contributed by atoms with Crippen LogP contribution >= 0.6 is 0 Å². The molecule has 0 saturated heterocycles. The molecule has 1 heterocycles. The van der Waals surface area contributed by atoms with Gasteiger partial charge < -0.3 is 19.4 Å². The van der Waals surface area contributed by atoms with Crippen LogP contribution in [-0.4, -0.2) is 36.3 Å². The van der Waals surface area contributed by atoms with Crippen molar-refractivity contribution in [1.82, 2.24) is 0 Å². The summed E-state index contributed by atoms with van der Waals surface area (Å²) in [4.78, 5) is 0. The molecule has 19 heavy (non-hydrogen) atoms. The minimum atomic E-state index is -0.156. The van der Waals surface area contributed by atoms with Crippen LogP contribution in [0.5, 0.6) is 11.5 Å². The molecular weight excluding hydrogens is 246 g/mol. The van der Waals surface area contributed by atoms with Crippen molar-refractivity contribution in [1.29, 1.82) is 0 Å². The van der Waals surface area contributed by atoms with Crippen molar-refractivity contribution < 1.29 is 19.4 Å². The lowest BCUT2D eigenvalue weighted by atomic mass is 10.1. The summed E-state index contributed by atoms with van der Waals surface area (Å²) in [5, 5.41) is 12.0. The molecule has 104 valence electrons. The molecule has 0 unspecified atom stereocenters. The fraction of sp³-hybridized carbons (Fsp3) is 0.500. The summed E-state index contributed by atoms with van der Waals surface area (Å²) in [6.07, 6.45) is 0. The van der Waals surface area contributed by atoms with Gasteiger partial charge in [-0.3, -0.25) is 0 Å². The van der Waals surface area contributed by atoms with Crippen molar-refractivity contribution >= 4 is 5.71 Å². The molecule has 0 aliphatic carbocycles. The van der Waals surface area contributed by atoms with Gasteiger partial charge in [-0.05, 0) is 32.9 Å². The summed E-state index contributed by atoms with van der Waals surface area (Å²) in [6, 6.07) is 5.46. The molecule has 1 N–H and O–H groups in total. The Labute approximate surface area is 112 Å². The normalized spacial score (nSPS) is 16.3. The average molecular weight is 265 g/mol. The van der Waals surface area contributed by atoms with Crippen LogP contribution in [-0.2, 0) is 4.74 Å². The second-order valence-corrected chi connectivity index (χ2v) is 5.30. The third-order valence-electron chi connectivity index (χ3n) is 2.64. The number of rotatable bonds is 4. The Morgan fingerprint density at radius 1 is 1.32 bits per heavy atom. The first-order valence-corrected chi connectivity index (χ1v) is 6.24. The second kappa shape index (κ2) is 5.48. The summed E-state index contributed by atoms with van der Waals surface area (Å²) in [6.45, 7) is 7.33. The van der Waals surface area contributed by atoms with E-state index in [9.17, 15) is 0 Å². The topological polar surface area (TPSA) is 60.3 Å². The van der Waals surface area contributed by atoms with E-state index in [1.165, 1.54) is 0 Å². The maximum absolute atomic E-state index is 8.79. The van der Waals surface area contributed by atoms with E-state index in [4.69, 9.17) is 19.4 Å². The fourth-order valence-corrected chi connectivity index (χ4v) is 1.76. The SMILES string of the molecule is CC(C)(C)OCCOc1ccc2c(c1)OC/C2=N\O. The van der Waals surface area contributed by atoms with Crippen LogP contribution in [0.2, 0.25) is 0 Å². The second-order valence-electron chi connectivity index (χ2n) is 5.30. The number of hydrogen-bond acceptors (Lipinski definition) is 5. The van der Waals surface area contributed by atoms with Crippen molar-refractivity contribution in [2.45, 2.75) is 26.4 Å². The first-order chi connectivity index (χ1) is 8.99. The molecule has 5 heteroatoms. The Bertz CT molecular complexity index is 477. The lowest BCUT2D eigenvalue weighted by molar-refractivity contribution is -0.0163. The first kappa shape index (κ1) is 13.7. The maximum Gasteiger partial charge on any atom is 0.134 e. The molecule has 1 aliphatic rings. The monoisotopic (exact) mass is 265 g/mol. The summed E-state index contributed by atoms with van der Waals surface area (Å²) in [7, 11) is 0. The minimum Gasteiger partial charge on any atom is -0.491 e. The standard InChI is InChI=1S/C14H19NO4/c1-14(2,3)19-7-6-17-10-4-5-11-12(15-16)9-18-13(11)8-10/h4-5,8,16H,6-7,9H2,1-3H3/b15-12+. The van der Waals surface area contributed by atoms with Crippen molar-refractivity contribution in [3.05, 3.63) is 23.8 Å². The molecule has 2 rings (SSSR count). The van der Waals surface area contributed by atoms with E-state index < -0.39 is 0 Å². The summed E-state index contributed by atoms with van der Waals surface area (Å²) < 4.78 is 16.6. The molecule has 0 radical (unpaired) electrons. The molecule has 0 spiro atoms. The molecule has 1 aromatic carbocycles. The number of nitrogens with zero attached hydrogens (tertiary/aromatic N) is 1. The number of ether oxygens (including phenoxy) is 3. The van der Waals surface area contributed by atoms with Crippen LogP contribution in [0.25, 0.3) is 0 Å². The minimum absolute atomic E-state index is 0.156. The van der Waals surface area contributed by atoms with E-state index in [0.29, 0.717) is 31.3 Å². The zero-order valence-corrected chi connectivity index (χ0v) is 11.5. The Hall–Kier alpha value is -1.75. The van der Waals surface area contributed by atoms with Crippen LogP contribution in [0, 0.1) is 0 Å². The molecule has 0 atom stereocenters. The zero-order valence-electron chi connectivity index (χ0n) is 11.5. The van der Waals surface area contributed by atoms with E-state index in [1.807, 2.05) is 32.9 Å². The zero-order chi connectivity index (χ0) is 13.9. The third kappa shape index (κ3) is 3.61. The molecule has 0 saturated carbocycles. The Morgan fingerprint density at radius 2 is 2.11 bits per heavy atom. The van der Waals surface area contributed by atoms with Crippen molar-refractivity contribution in [2.75, 3.05) is 19.8 Å². The lowest BCUT2D eigenvalue weighted by Gasteiger charge is -2.19. The highest BCUT2D eigenvalue weighted by Crippen LogP contribution is 2.29. The van der Waals surface area contributed by atoms with Crippen LogP contribution in [0.1, 0.15) is 26.3 Å². The number of fused-ring (bicyclic) bond motifs is 1. The predicted molar refractivity (Wildman–Crippen MR) is 71.5 cm³/mol. The number of hydrogen-bond donors (Lipinski definition) is 1. The van der Waals surface area contributed by atoms with Gasteiger partial charge in [-0.2, -0.15) is 0 Å². The van der Waals surface area contributed by atoms with Gasteiger partial charge in [0.1, 0.15) is 30.4 Å². The smallest absolute Gasteiger partial charge is 0.134 e. The van der Waals surface area contributed by atoms with Crippen molar-refractivity contribution in [3.8, 4) is 11.5 Å². The molecule has 0 bridgehead atoms. The van der Waals surface area contributed by atoms with Crippen molar-refractivity contribution in [3.63, 3.8) is 0 Å². The van der Waals surface area contributed by atoms with Crippen LogP contribution in [0.15, 0.2) is 23.4 Å². The van der Waals surface area contributed by atoms with E-state index in [1.54, 1.807) is 6.07 Å². The van der Waals surface area contributed by atoms with E-state index in [-0.39, 0.29) is 5.60 Å². The van der Waals surface area contributed by atoms with Gasteiger partial charge in [0.25, 0.3) is 0 Å². The fourth-order valence-electron chi connectivity index (χ4n) is 1.76. The van der Waals surface area contributed by atoms with Gasteiger partial charge in [-0.25, -0.2) is 0 Å². The highest BCUT2D eigenvalue weighted by Gasteiger charge is 2.20. The van der Waals surface area contributed by atoms with E-state index in [2.05, 4.69) is 5.16 Å². The van der Waals surface area contributed by atoms with Gasteiger partial charge in [-0.15, -0.1) is 0 Å². The molecule has 0 fully saturated rings. The van der Waals surface area contributed by atoms with Gasteiger partial charge >= 0.3 is 0 Å². The van der Waals surface area contributed by atoms with E-state index in [0.717, 1.165) is 11.3 Å². The highest BCUT2D eigenvalue weighted by atomic mass is 16.5. The Kier molecular flexibility index (Phi) is 3.95. The molecule has 5 nitrogen and oxygen atoms in total. The first-order valence-electron chi connectivity index (χ1n) is 6.24. The van der Waals surface area contributed by atoms with Gasteiger partial charge in [-0.1, -0.05) is 5.16 Å². The Morgan fingerprint density at radius 3 is 2.79 bits per heavy atom. The summed E-state index contributed by atoms with van der Waals surface area (Å²) in [5.41, 5.74) is 1.19. The van der Waals surface area contributed by atoms with Crippen molar-refractivity contribution in [2.24, 2.45) is 5.16 Å². The van der Waals surface area contributed by atoms with Gasteiger partial charge in [0.05, 0.1) is 12.2 Å². The molecule has 0 amide bonds. The van der Waals surface area contributed by atoms with Gasteiger partial charge in [0, 0.05) is 11.6 Å². The third-order valence-corrected chi connectivity index (χ3v) is 2.64. The van der Waals surface area contributed by atoms with E-state index >= 15 is 0 Å². The number of oxime groups is 1. The molecule has 0 aromatic heterocycles. The van der Waals surface area contributed by atoms with Crippen LogP contribution < -0.4 is 9.47 Å². The number of benzene rings is 1. The lowest BCUT2D eigenvalue weighted by Crippen LogP contribution is -2.22. The van der Waals surface area contributed by atoms with Crippen LogP contribution in [0.3, 0.4) is 0 Å². The van der Waals surface area contributed by atoms with Gasteiger partial charge in [0.15, 0.2) is 0 Å². The average Bonchev–Trinajstić information content (AvgIpc) is 2.75. The summed E-state index contributed by atoms with van der Waals surface area (Å²) in [5.74, 6) is 1.40. The Balaban J connectivity index is 1.90. The quantitative estimate of drug-likeness (QED) is 0.516. The molecule has 1 aliphatic heterocycles. The predicted octanol–water partition coefficient (Wildman–Crippen LogP) is 2.45. The maximum atomic E-state index is 8.79. The summed E-state index contributed by atoms with van der Waals surface area (Å²) >= 11 is 0. The molecular formula is C14H19NO4. The largest absolute Gasteiger partial charge is 0.491 e. The van der Waals surface area contributed by atoms with Gasteiger partial charge in [0.2, 0.25) is 0 Å².